The van der Waals surface area contributed by atoms with Crippen molar-refractivity contribution in [3.8, 4) is 0 Å². The topological polar surface area (TPSA) is 17.1 Å². The van der Waals surface area contributed by atoms with E-state index in [0.29, 0.717) is 5.56 Å². The molecular weight excluding hydrogens is 204 g/mol. The molecule has 2 heteroatoms. The minimum absolute atomic E-state index is 0.698. The van der Waals surface area contributed by atoms with Gasteiger partial charge >= 0.3 is 0 Å². The molecule has 1 aromatic carbocycles. The van der Waals surface area contributed by atoms with Crippen molar-refractivity contribution in [1.29, 1.82) is 0 Å². The minimum Gasteiger partial charge on any atom is -0.298 e. The Kier molecular flexibility index (Phi) is 5.75. The molecule has 60 valence electrons. The van der Waals surface area contributed by atoms with Crippen LogP contribution < -0.4 is 0 Å². The minimum atomic E-state index is 0.698. The lowest BCUT2D eigenvalue weighted by Gasteiger charge is -1.88. The summed E-state index contributed by atoms with van der Waals surface area (Å²) in [5.41, 5.74) is 0.698. The number of hydrogen-bond acceptors (Lipinski definition) is 1. The van der Waals surface area contributed by atoms with Crippen molar-refractivity contribution in [3.05, 3.63) is 34.3 Å². The maximum Gasteiger partial charge on any atom is 0.150 e. The Hall–Kier alpha value is -0.630. The largest absolute Gasteiger partial charge is 0.298 e. The summed E-state index contributed by atoms with van der Waals surface area (Å²) in [5.74, 6) is 0. The Morgan fingerprint density at radius 2 is 2.00 bits per heavy atom. The Balaban J connectivity index is 0.000000461. The molecule has 0 aliphatic carbocycles. The van der Waals surface area contributed by atoms with Crippen molar-refractivity contribution >= 4 is 22.2 Å². The fourth-order valence-corrected chi connectivity index (χ4v) is 0.997. The van der Waals surface area contributed by atoms with Gasteiger partial charge in [-0.05, 0) is 12.1 Å². The normalized spacial score (nSPS) is 7.91. The predicted octanol–water partition coefficient (Wildman–Crippen LogP) is 3.29. The van der Waals surface area contributed by atoms with Crippen molar-refractivity contribution in [2.24, 2.45) is 0 Å². The van der Waals surface area contributed by atoms with Crippen molar-refractivity contribution in [2.75, 3.05) is 0 Å². The number of rotatable bonds is 1. The van der Waals surface area contributed by atoms with E-state index in [2.05, 4.69) is 15.9 Å². The highest BCUT2D eigenvalue weighted by Crippen LogP contribution is 2.09. The van der Waals surface area contributed by atoms with Crippen molar-refractivity contribution in [2.45, 2.75) is 13.8 Å². The smallest absolute Gasteiger partial charge is 0.150 e. The SMILES string of the molecule is CC.O=Cc1cccc(Br)c1. The molecule has 1 nitrogen and oxygen atoms in total. The molecule has 11 heavy (non-hydrogen) atoms. The zero-order valence-electron chi connectivity index (χ0n) is 6.67. The maximum absolute atomic E-state index is 10.1. The van der Waals surface area contributed by atoms with Crippen LogP contribution in [0.2, 0.25) is 0 Å². The molecule has 0 aromatic heterocycles. The van der Waals surface area contributed by atoms with Gasteiger partial charge in [0.25, 0.3) is 0 Å². The van der Waals surface area contributed by atoms with E-state index in [1.54, 1.807) is 12.1 Å². The highest BCUT2D eigenvalue weighted by Gasteiger charge is 1.87. The number of aldehydes is 1. The quantitative estimate of drug-likeness (QED) is 0.657. The van der Waals surface area contributed by atoms with E-state index in [-0.39, 0.29) is 0 Å². The molecule has 0 aliphatic rings. The van der Waals surface area contributed by atoms with E-state index in [9.17, 15) is 4.79 Å². The highest BCUT2D eigenvalue weighted by molar-refractivity contribution is 9.10. The van der Waals surface area contributed by atoms with Crippen molar-refractivity contribution < 1.29 is 4.79 Å². The Morgan fingerprint density at radius 1 is 1.36 bits per heavy atom. The molecule has 0 fully saturated rings. The Morgan fingerprint density at radius 3 is 2.36 bits per heavy atom. The fraction of sp³-hybridized carbons (Fsp3) is 0.222. The van der Waals surface area contributed by atoms with E-state index in [0.717, 1.165) is 10.8 Å². The molecule has 0 aliphatic heterocycles. The summed E-state index contributed by atoms with van der Waals surface area (Å²) in [6.45, 7) is 4.00. The first kappa shape index (κ1) is 10.4. The summed E-state index contributed by atoms with van der Waals surface area (Å²) in [4.78, 5) is 10.1. The molecule has 0 heterocycles. The van der Waals surface area contributed by atoms with Gasteiger partial charge in [-0.1, -0.05) is 41.9 Å². The average Bonchev–Trinajstić information content (AvgIpc) is 2.08. The first-order valence-electron chi connectivity index (χ1n) is 3.53. The van der Waals surface area contributed by atoms with Crippen molar-refractivity contribution in [3.63, 3.8) is 0 Å². The Bertz CT molecular complexity index is 221. The summed E-state index contributed by atoms with van der Waals surface area (Å²) in [6, 6.07) is 7.24. The van der Waals surface area contributed by atoms with Crippen LogP contribution in [0.4, 0.5) is 0 Å². The predicted molar refractivity (Wildman–Crippen MR) is 50.9 cm³/mol. The zero-order valence-corrected chi connectivity index (χ0v) is 8.26. The van der Waals surface area contributed by atoms with Crippen LogP contribution in [0.15, 0.2) is 28.7 Å². The molecule has 0 spiro atoms. The lowest BCUT2D eigenvalue weighted by Crippen LogP contribution is -1.75. The lowest BCUT2D eigenvalue weighted by atomic mass is 10.2. The second-order valence-corrected chi connectivity index (χ2v) is 2.59. The van der Waals surface area contributed by atoms with Crippen LogP contribution in [0.25, 0.3) is 0 Å². The van der Waals surface area contributed by atoms with Crippen LogP contribution in [0.1, 0.15) is 24.2 Å². The number of halogens is 1. The summed E-state index contributed by atoms with van der Waals surface area (Å²) in [7, 11) is 0. The average molecular weight is 215 g/mol. The molecule has 0 amide bonds. The van der Waals surface area contributed by atoms with Crippen LogP contribution in [0.3, 0.4) is 0 Å². The van der Waals surface area contributed by atoms with Gasteiger partial charge in [0.15, 0.2) is 0 Å². The molecule has 0 N–H and O–H groups in total. The second-order valence-electron chi connectivity index (χ2n) is 1.67. The molecule has 0 unspecified atom stereocenters. The van der Waals surface area contributed by atoms with Gasteiger partial charge in [0.2, 0.25) is 0 Å². The summed E-state index contributed by atoms with van der Waals surface area (Å²) in [6.07, 6.45) is 0.824. The third-order valence-electron chi connectivity index (χ3n) is 0.985. The van der Waals surface area contributed by atoms with Gasteiger partial charge in [0.1, 0.15) is 6.29 Å². The van der Waals surface area contributed by atoms with Crippen LogP contribution >= 0.6 is 15.9 Å². The number of hydrogen-bond donors (Lipinski definition) is 0. The molecule has 0 saturated heterocycles. The third kappa shape index (κ3) is 3.94. The van der Waals surface area contributed by atoms with E-state index in [4.69, 9.17) is 0 Å². The van der Waals surface area contributed by atoms with Gasteiger partial charge < -0.3 is 0 Å². The van der Waals surface area contributed by atoms with Gasteiger partial charge in [0, 0.05) is 10.0 Å². The molecule has 1 aromatic rings. The summed E-state index contributed by atoms with van der Waals surface area (Å²) in [5, 5.41) is 0. The summed E-state index contributed by atoms with van der Waals surface area (Å²) < 4.78 is 0.937. The van der Waals surface area contributed by atoms with Gasteiger partial charge in [-0.3, -0.25) is 4.79 Å². The van der Waals surface area contributed by atoms with Crippen LogP contribution in [0.5, 0.6) is 0 Å². The van der Waals surface area contributed by atoms with E-state index in [1.807, 2.05) is 26.0 Å². The molecule has 0 saturated carbocycles. The highest BCUT2D eigenvalue weighted by atomic mass is 79.9. The Labute approximate surface area is 75.6 Å². The maximum atomic E-state index is 10.1. The van der Waals surface area contributed by atoms with Gasteiger partial charge in [-0.15, -0.1) is 0 Å². The summed E-state index contributed by atoms with van der Waals surface area (Å²) >= 11 is 3.24. The monoisotopic (exact) mass is 214 g/mol. The lowest BCUT2D eigenvalue weighted by molar-refractivity contribution is 0.112. The number of carbonyl (C=O) groups excluding carboxylic acids is 1. The van der Waals surface area contributed by atoms with Gasteiger partial charge in [-0.2, -0.15) is 0 Å². The zero-order chi connectivity index (χ0) is 8.69. The molecule has 0 atom stereocenters. The molecular formula is C9H11BrO. The molecule has 0 radical (unpaired) electrons. The van der Waals surface area contributed by atoms with Gasteiger partial charge in [-0.25, -0.2) is 0 Å². The molecule has 0 bridgehead atoms. The third-order valence-corrected chi connectivity index (χ3v) is 1.48. The first-order valence-corrected chi connectivity index (χ1v) is 4.33. The van der Waals surface area contributed by atoms with Crippen LogP contribution in [-0.2, 0) is 0 Å². The number of carbonyl (C=O) groups is 1. The first-order chi connectivity index (χ1) is 5.33. The second kappa shape index (κ2) is 6.10. The fourth-order valence-electron chi connectivity index (χ4n) is 0.580. The standard InChI is InChI=1S/C7H5BrO.C2H6/c8-7-3-1-2-6(4-7)5-9;1-2/h1-5H;1-2H3. The molecule has 1 rings (SSSR count). The van der Waals surface area contributed by atoms with Gasteiger partial charge in [0.05, 0.1) is 0 Å². The van der Waals surface area contributed by atoms with E-state index in [1.165, 1.54) is 0 Å². The van der Waals surface area contributed by atoms with Crippen LogP contribution in [-0.4, -0.2) is 6.29 Å². The van der Waals surface area contributed by atoms with E-state index >= 15 is 0 Å². The number of benzene rings is 1. The van der Waals surface area contributed by atoms with Crippen LogP contribution in [0, 0.1) is 0 Å². The van der Waals surface area contributed by atoms with Crippen molar-refractivity contribution in [1.82, 2.24) is 0 Å². The van der Waals surface area contributed by atoms with E-state index < -0.39 is 0 Å².